The summed E-state index contributed by atoms with van der Waals surface area (Å²) in [5, 5.41) is 5.63. The molecule has 108 valence electrons. The first-order valence-electron chi connectivity index (χ1n) is 7.36. The summed E-state index contributed by atoms with van der Waals surface area (Å²) in [4.78, 5) is 5.88. The van der Waals surface area contributed by atoms with Crippen LogP contribution in [-0.4, -0.2) is 15.9 Å². The Balaban J connectivity index is 1.82. The summed E-state index contributed by atoms with van der Waals surface area (Å²) < 4.78 is 2.24. The minimum Gasteiger partial charge on any atom is -0.384 e. The highest BCUT2D eigenvalue weighted by Gasteiger charge is 2.20. The summed E-state index contributed by atoms with van der Waals surface area (Å²) in [7, 11) is 0. The average Bonchev–Trinajstić information content (AvgIpc) is 3.10. The van der Waals surface area contributed by atoms with Gasteiger partial charge in [0, 0.05) is 40.5 Å². The Morgan fingerprint density at radius 1 is 1.29 bits per heavy atom. The second-order valence-electron chi connectivity index (χ2n) is 6.70. The number of nitrogens with zero attached hydrogens (tertiary/aromatic N) is 2. The second kappa shape index (κ2) is 4.34. The molecule has 0 aliphatic carbocycles. The number of rotatable bonds is 1. The summed E-state index contributed by atoms with van der Waals surface area (Å²) in [5.41, 5.74) is 6.42. The molecule has 0 saturated carbocycles. The molecule has 0 spiro atoms. The lowest BCUT2D eigenvalue weighted by Gasteiger charge is -2.16. The molecular weight excluding hydrogens is 278 g/mol. The third-order valence-corrected chi connectivity index (χ3v) is 4.93. The van der Waals surface area contributed by atoms with E-state index in [1.165, 1.54) is 22.5 Å². The molecule has 0 atom stereocenters. The number of hydrogen-bond acceptors (Lipinski definition) is 3. The molecule has 3 nitrogen and oxygen atoms in total. The quantitative estimate of drug-likeness (QED) is 0.724. The molecule has 0 unspecified atom stereocenters. The van der Waals surface area contributed by atoms with Crippen LogP contribution < -0.4 is 5.32 Å². The van der Waals surface area contributed by atoms with Crippen LogP contribution in [0, 0.1) is 0 Å². The van der Waals surface area contributed by atoms with Crippen LogP contribution in [0.3, 0.4) is 0 Å². The molecule has 2 aromatic heterocycles. The first-order chi connectivity index (χ1) is 10.0. The highest BCUT2D eigenvalue weighted by Crippen LogP contribution is 2.32. The topological polar surface area (TPSA) is 29.3 Å². The number of aromatic nitrogens is 2. The number of thiazole rings is 1. The van der Waals surface area contributed by atoms with Gasteiger partial charge >= 0.3 is 0 Å². The predicted octanol–water partition coefficient (Wildman–Crippen LogP) is 4.33. The van der Waals surface area contributed by atoms with E-state index in [2.05, 4.69) is 60.3 Å². The second-order valence-corrected chi connectivity index (χ2v) is 7.53. The van der Waals surface area contributed by atoms with Crippen LogP contribution in [0.4, 0.5) is 5.69 Å². The van der Waals surface area contributed by atoms with Gasteiger partial charge < -0.3 is 5.32 Å². The van der Waals surface area contributed by atoms with E-state index >= 15 is 0 Å². The summed E-state index contributed by atoms with van der Waals surface area (Å²) >= 11 is 1.72. The maximum Gasteiger partial charge on any atom is 0.194 e. The number of imidazole rings is 1. The number of nitrogens with one attached hydrogen (secondary N) is 1. The molecule has 4 heteroatoms. The summed E-state index contributed by atoms with van der Waals surface area (Å²) in [6.45, 7) is 7.78. The minimum atomic E-state index is 0.137. The Bertz CT molecular complexity index is 820. The van der Waals surface area contributed by atoms with Crippen molar-refractivity contribution in [1.82, 2.24) is 9.38 Å². The van der Waals surface area contributed by atoms with Crippen molar-refractivity contribution in [3.63, 3.8) is 0 Å². The molecule has 4 rings (SSSR count). The van der Waals surface area contributed by atoms with Gasteiger partial charge in [0.05, 0.1) is 5.69 Å². The van der Waals surface area contributed by atoms with Crippen LogP contribution in [0.5, 0.6) is 0 Å². The van der Waals surface area contributed by atoms with Crippen LogP contribution in [0.15, 0.2) is 29.8 Å². The fraction of sp³-hybridized carbons (Fsp3) is 0.353. The molecule has 3 heterocycles. The third kappa shape index (κ3) is 2.05. The smallest absolute Gasteiger partial charge is 0.194 e. The van der Waals surface area contributed by atoms with Gasteiger partial charge in [0.2, 0.25) is 0 Å². The van der Waals surface area contributed by atoms with Gasteiger partial charge in [-0.05, 0) is 24.1 Å². The van der Waals surface area contributed by atoms with Crippen molar-refractivity contribution < 1.29 is 0 Å². The number of anilines is 1. The van der Waals surface area contributed by atoms with Crippen molar-refractivity contribution in [2.24, 2.45) is 0 Å². The van der Waals surface area contributed by atoms with Crippen LogP contribution in [-0.2, 0) is 11.8 Å². The van der Waals surface area contributed by atoms with Gasteiger partial charge in [0.25, 0.3) is 0 Å². The molecule has 1 aliphatic heterocycles. The Morgan fingerprint density at radius 2 is 2.14 bits per heavy atom. The largest absolute Gasteiger partial charge is 0.384 e. The van der Waals surface area contributed by atoms with Crippen LogP contribution >= 0.6 is 11.3 Å². The Kier molecular flexibility index (Phi) is 2.67. The molecule has 0 bridgehead atoms. The standard InChI is InChI=1S/C17H19N3S/c1-17(2,3)15-10-21-16-19-14(9-20(15)16)11-4-5-13-12(8-11)6-7-18-13/h4-5,8-10,18H,6-7H2,1-3H3. The lowest BCUT2D eigenvalue weighted by molar-refractivity contribution is 0.565. The van der Waals surface area contributed by atoms with Gasteiger partial charge in [-0.2, -0.15) is 0 Å². The first kappa shape index (κ1) is 12.9. The summed E-state index contributed by atoms with van der Waals surface area (Å²) in [6, 6.07) is 6.62. The van der Waals surface area contributed by atoms with Crippen molar-refractivity contribution in [3.05, 3.63) is 41.0 Å². The van der Waals surface area contributed by atoms with Crippen molar-refractivity contribution in [1.29, 1.82) is 0 Å². The van der Waals surface area contributed by atoms with E-state index in [1.807, 2.05) is 0 Å². The van der Waals surface area contributed by atoms with Crippen molar-refractivity contribution in [2.45, 2.75) is 32.6 Å². The summed E-state index contributed by atoms with van der Waals surface area (Å²) in [6.07, 6.45) is 3.29. The number of benzene rings is 1. The third-order valence-electron chi connectivity index (χ3n) is 4.09. The molecule has 1 aliphatic rings. The van der Waals surface area contributed by atoms with Crippen molar-refractivity contribution in [3.8, 4) is 11.3 Å². The van der Waals surface area contributed by atoms with Gasteiger partial charge in [0.15, 0.2) is 4.96 Å². The SMILES string of the molecule is CC(C)(C)c1csc2nc(-c3ccc4c(c3)CCN4)cn12. The van der Waals surface area contributed by atoms with E-state index in [0.717, 1.165) is 23.6 Å². The lowest BCUT2D eigenvalue weighted by atomic mass is 9.93. The van der Waals surface area contributed by atoms with E-state index in [9.17, 15) is 0 Å². The van der Waals surface area contributed by atoms with Crippen LogP contribution in [0.25, 0.3) is 16.2 Å². The Hall–Kier alpha value is -1.81. The molecule has 1 N–H and O–H groups in total. The molecule has 1 aromatic carbocycles. The zero-order valence-corrected chi connectivity index (χ0v) is 13.4. The fourth-order valence-electron chi connectivity index (χ4n) is 2.93. The maximum atomic E-state index is 4.80. The lowest BCUT2D eigenvalue weighted by Crippen LogP contribution is -2.13. The maximum absolute atomic E-state index is 4.80. The van der Waals surface area contributed by atoms with Gasteiger partial charge in [-0.25, -0.2) is 4.98 Å². The van der Waals surface area contributed by atoms with E-state index in [4.69, 9.17) is 4.98 Å². The minimum absolute atomic E-state index is 0.137. The Morgan fingerprint density at radius 3 is 2.95 bits per heavy atom. The van der Waals surface area contributed by atoms with Crippen LogP contribution in [0.1, 0.15) is 32.0 Å². The molecular formula is C17H19N3S. The fourth-order valence-corrected chi connectivity index (χ4v) is 4.03. The zero-order valence-electron chi connectivity index (χ0n) is 12.6. The average molecular weight is 297 g/mol. The van der Waals surface area contributed by atoms with E-state index < -0.39 is 0 Å². The molecule has 0 saturated heterocycles. The normalized spacial score (nSPS) is 14.4. The molecule has 0 fully saturated rings. The number of hydrogen-bond donors (Lipinski definition) is 1. The van der Waals surface area contributed by atoms with E-state index in [1.54, 1.807) is 11.3 Å². The van der Waals surface area contributed by atoms with Gasteiger partial charge in [0.1, 0.15) is 0 Å². The highest BCUT2D eigenvalue weighted by atomic mass is 32.1. The van der Waals surface area contributed by atoms with Gasteiger partial charge in [-0.3, -0.25) is 4.40 Å². The molecule has 21 heavy (non-hydrogen) atoms. The molecule has 3 aromatic rings. The summed E-state index contributed by atoms with van der Waals surface area (Å²) in [5.74, 6) is 0. The van der Waals surface area contributed by atoms with Crippen molar-refractivity contribution >= 4 is 22.0 Å². The molecule has 0 radical (unpaired) electrons. The van der Waals surface area contributed by atoms with Crippen LogP contribution in [0.2, 0.25) is 0 Å². The predicted molar refractivity (Wildman–Crippen MR) is 89.4 cm³/mol. The highest BCUT2D eigenvalue weighted by molar-refractivity contribution is 7.15. The van der Waals surface area contributed by atoms with E-state index in [0.29, 0.717) is 0 Å². The zero-order chi connectivity index (χ0) is 14.6. The van der Waals surface area contributed by atoms with Gasteiger partial charge in [-0.15, -0.1) is 11.3 Å². The van der Waals surface area contributed by atoms with Crippen molar-refractivity contribution in [2.75, 3.05) is 11.9 Å². The molecule has 0 amide bonds. The van der Waals surface area contributed by atoms with E-state index in [-0.39, 0.29) is 5.41 Å². The Labute approximate surface area is 128 Å². The van der Waals surface area contributed by atoms with Gasteiger partial charge in [-0.1, -0.05) is 26.8 Å². The monoisotopic (exact) mass is 297 g/mol. The number of fused-ring (bicyclic) bond motifs is 2. The first-order valence-corrected chi connectivity index (χ1v) is 8.24.